The molecule has 6 nitrogen and oxygen atoms in total. The highest BCUT2D eigenvalue weighted by atomic mass is 32.2. The summed E-state index contributed by atoms with van der Waals surface area (Å²) in [5.74, 6) is -0.0657. The summed E-state index contributed by atoms with van der Waals surface area (Å²) in [5.41, 5.74) is 0. The number of thioether (sulfide) groups is 1. The Kier molecular flexibility index (Phi) is 5.07. The second-order valence-corrected chi connectivity index (χ2v) is 5.02. The number of methoxy groups -OCH3 is 1. The minimum atomic E-state index is -0.948. The van der Waals surface area contributed by atoms with Crippen molar-refractivity contribution < 1.29 is 19.4 Å². The number of ether oxygens (including phenoxy) is 1. The monoisotopic (exact) mass is 262 g/mol. The average Bonchev–Trinajstić information content (AvgIpc) is 2.76. The second kappa shape index (κ2) is 6.11. The van der Waals surface area contributed by atoms with Crippen molar-refractivity contribution in [3.05, 3.63) is 0 Å². The highest BCUT2D eigenvalue weighted by Crippen LogP contribution is 2.22. The van der Waals surface area contributed by atoms with Crippen LogP contribution in [-0.4, -0.2) is 71.4 Å². The first-order valence-electron chi connectivity index (χ1n) is 5.32. The second-order valence-electron chi connectivity index (χ2n) is 4.02. The van der Waals surface area contributed by atoms with Gasteiger partial charge in [0.05, 0.1) is 18.5 Å². The topological polar surface area (TPSA) is 70.1 Å². The number of likely N-dealkylation sites (N-methyl/N-ethyl adjacent to an activating group) is 1. The number of carboxylic acids is 1. The third-order valence-electron chi connectivity index (χ3n) is 2.78. The summed E-state index contributed by atoms with van der Waals surface area (Å²) >= 11 is 1.46. The van der Waals surface area contributed by atoms with Crippen LogP contribution in [0.15, 0.2) is 0 Å². The van der Waals surface area contributed by atoms with E-state index < -0.39 is 12.0 Å². The van der Waals surface area contributed by atoms with Gasteiger partial charge in [0.15, 0.2) is 0 Å². The zero-order valence-electron chi connectivity index (χ0n) is 10.3. The van der Waals surface area contributed by atoms with Crippen LogP contribution in [-0.2, 0) is 9.53 Å². The quantitative estimate of drug-likeness (QED) is 0.800. The first-order chi connectivity index (χ1) is 7.99. The summed E-state index contributed by atoms with van der Waals surface area (Å²) in [6.45, 7) is 2.29. The minimum Gasteiger partial charge on any atom is -0.480 e. The number of hydrogen-bond acceptors (Lipinski definition) is 4. The molecule has 7 heteroatoms. The van der Waals surface area contributed by atoms with Crippen molar-refractivity contribution >= 4 is 23.8 Å². The molecule has 0 aromatic rings. The lowest BCUT2D eigenvalue weighted by molar-refractivity contribution is -0.141. The lowest BCUT2D eigenvalue weighted by Gasteiger charge is -2.30. The number of urea groups is 1. The molecule has 0 aromatic heterocycles. The van der Waals surface area contributed by atoms with Crippen LogP contribution >= 0.6 is 11.8 Å². The maximum Gasteiger partial charge on any atom is 0.327 e. The Morgan fingerprint density at radius 1 is 1.65 bits per heavy atom. The summed E-state index contributed by atoms with van der Waals surface area (Å²) in [7, 11) is 3.23. The molecule has 0 saturated carbocycles. The van der Waals surface area contributed by atoms with Gasteiger partial charge in [-0.25, -0.2) is 9.59 Å². The lowest BCUT2D eigenvalue weighted by atomic mass is 10.3. The molecule has 0 radical (unpaired) electrons. The fraction of sp³-hybridized carbons (Fsp3) is 0.800. The van der Waals surface area contributed by atoms with Crippen molar-refractivity contribution in [2.45, 2.75) is 19.0 Å². The molecule has 1 N–H and O–H groups in total. The summed E-state index contributed by atoms with van der Waals surface area (Å²) < 4.78 is 4.98. The van der Waals surface area contributed by atoms with Crippen LogP contribution in [0.1, 0.15) is 6.92 Å². The van der Waals surface area contributed by atoms with E-state index >= 15 is 0 Å². The lowest BCUT2D eigenvalue weighted by Crippen LogP contribution is -2.50. The Bertz CT molecular complexity index is 300. The maximum absolute atomic E-state index is 12.1. The summed E-state index contributed by atoms with van der Waals surface area (Å²) in [6, 6.07) is -1.05. The number of rotatable bonds is 4. The molecule has 0 bridgehead atoms. The van der Waals surface area contributed by atoms with E-state index in [0.29, 0.717) is 18.2 Å². The first kappa shape index (κ1) is 14.1. The van der Waals surface area contributed by atoms with E-state index in [1.807, 2.05) is 6.92 Å². The van der Waals surface area contributed by atoms with Crippen molar-refractivity contribution in [1.29, 1.82) is 0 Å². The predicted octanol–water partition coefficient (Wildman–Crippen LogP) is 0.533. The molecule has 1 aliphatic heterocycles. The smallest absolute Gasteiger partial charge is 0.327 e. The van der Waals surface area contributed by atoms with Crippen molar-refractivity contribution in [1.82, 2.24) is 9.80 Å². The van der Waals surface area contributed by atoms with E-state index in [0.717, 1.165) is 0 Å². The van der Waals surface area contributed by atoms with Gasteiger partial charge in [-0.05, 0) is 6.92 Å². The Morgan fingerprint density at radius 3 is 2.82 bits per heavy atom. The van der Waals surface area contributed by atoms with Crippen molar-refractivity contribution in [2.24, 2.45) is 0 Å². The standard InChI is InChI=1S/C10H18N2O4S/c1-7(4-16-3)11(2)10(15)12-6-17-5-8(12)9(13)14/h7-8H,4-6H2,1-3H3,(H,13,14). The van der Waals surface area contributed by atoms with Crippen LogP contribution in [0.5, 0.6) is 0 Å². The zero-order chi connectivity index (χ0) is 13.0. The van der Waals surface area contributed by atoms with Crippen LogP contribution in [0.4, 0.5) is 4.79 Å². The molecule has 1 fully saturated rings. The molecule has 0 aliphatic carbocycles. The van der Waals surface area contributed by atoms with Crippen LogP contribution in [0.2, 0.25) is 0 Å². The van der Waals surface area contributed by atoms with Gasteiger partial charge in [-0.2, -0.15) is 0 Å². The van der Waals surface area contributed by atoms with Crippen molar-refractivity contribution in [2.75, 3.05) is 32.4 Å². The molecule has 1 saturated heterocycles. The van der Waals surface area contributed by atoms with Gasteiger partial charge in [0.2, 0.25) is 0 Å². The van der Waals surface area contributed by atoms with Gasteiger partial charge in [0, 0.05) is 19.9 Å². The molecular formula is C10H18N2O4S. The van der Waals surface area contributed by atoms with Gasteiger partial charge in [-0.1, -0.05) is 0 Å². The van der Waals surface area contributed by atoms with Gasteiger partial charge < -0.3 is 19.6 Å². The molecule has 2 amide bonds. The van der Waals surface area contributed by atoms with Crippen molar-refractivity contribution in [3.8, 4) is 0 Å². The van der Waals surface area contributed by atoms with Crippen molar-refractivity contribution in [3.63, 3.8) is 0 Å². The largest absolute Gasteiger partial charge is 0.480 e. The Labute approximate surface area is 105 Å². The number of hydrogen-bond donors (Lipinski definition) is 1. The van der Waals surface area contributed by atoms with E-state index in [-0.39, 0.29) is 12.1 Å². The highest BCUT2D eigenvalue weighted by molar-refractivity contribution is 7.99. The van der Waals surface area contributed by atoms with E-state index in [4.69, 9.17) is 9.84 Å². The number of carboxylic acid groups (broad SMARTS) is 1. The number of nitrogens with zero attached hydrogens (tertiary/aromatic N) is 2. The molecular weight excluding hydrogens is 244 g/mol. The average molecular weight is 262 g/mol. The zero-order valence-corrected chi connectivity index (χ0v) is 11.1. The summed E-state index contributed by atoms with van der Waals surface area (Å²) in [5, 5.41) is 9.01. The highest BCUT2D eigenvalue weighted by Gasteiger charge is 2.36. The van der Waals surface area contributed by atoms with Crippen LogP contribution in [0, 0.1) is 0 Å². The summed E-state index contributed by atoms with van der Waals surface area (Å²) in [6.07, 6.45) is 0. The maximum atomic E-state index is 12.1. The molecule has 1 aliphatic rings. The van der Waals surface area contributed by atoms with Gasteiger partial charge >= 0.3 is 12.0 Å². The van der Waals surface area contributed by atoms with E-state index in [9.17, 15) is 9.59 Å². The van der Waals surface area contributed by atoms with Crippen LogP contribution < -0.4 is 0 Å². The van der Waals surface area contributed by atoms with Crippen LogP contribution in [0.25, 0.3) is 0 Å². The molecule has 2 unspecified atom stereocenters. The Hall–Kier alpha value is -0.950. The molecule has 17 heavy (non-hydrogen) atoms. The van der Waals surface area contributed by atoms with Gasteiger partial charge in [0.25, 0.3) is 0 Å². The molecule has 98 valence electrons. The number of amides is 2. The fourth-order valence-electron chi connectivity index (χ4n) is 1.58. The number of carbonyl (C=O) groups is 2. The molecule has 1 heterocycles. The molecule has 1 rings (SSSR count). The third-order valence-corrected chi connectivity index (χ3v) is 3.80. The van der Waals surface area contributed by atoms with E-state index in [1.54, 1.807) is 14.2 Å². The van der Waals surface area contributed by atoms with E-state index in [1.165, 1.54) is 21.6 Å². The summed E-state index contributed by atoms with van der Waals surface area (Å²) in [4.78, 5) is 26.0. The fourth-order valence-corrected chi connectivity index (χ4v) is 2.72. The molecule has 0 aromatic carbocycles. The van der Waals surface area contributed by atoms with Gasteiger partial charge in [0.1, 0.15) is 6.04 Å². The predicted molar refractivity (Wildman–Crippen MR) is 65.1 cm³/mol. The number of carbonyl (C=O) groups excluding carboxylic acids is 1. The SMILES string of the molecule is COCC(C)N(C)C(=O)N1CSCC1C(=O)O. The van der Waals surface area contributed by atoms with E-state index in [2.05, 4.69) is 0 Å². The first-order valence-corrected chi connectivity index (χ1v) is 6.47. The van der Waals surface area contributed by atoms with Gasteiger partial charge in [-0.15, -0.1) is 11.8 Å². The van der Waals surface area contributed by atoms with Crippen LogP contribution in [0.3, 0.4) is 0 Å². The normalized spacial score (nSPS) is 21.4. The molecule has 2 atom stereocenters. The Balaban J connectivity index is 2.65. The third kappa shape index (κ3) is 3.26. The minimum absolute atomic E-state index is 0.0763. The number of aliphatic carboxylic acids is 1. The van der Waals surface area contributed by atoms with Gasteiger partial charge in [-0.3, -0.25) is 0 Å². The Morgan fingerprint density at radius 2 is 2.29 bits per heavy atom. The molecule has 0 spiro atoms.